The molecule has 6 heteroatoms. The highest BCUT2D eigenvalue weighted by atomic mass is 32.1. The lowest BCUT2D eigenvalue weighted by molar-refractivity contribution is -0.132. The van der Waals surface area contributed by atoms with E-state index in [1.165, 1.54) is 0 Å². The van der Waals surface area contributed by atoms with Crippen LogP contribution in [0.5, 0.6) is 0 Å². The molecule has 1 aliphatic rings. The van der Waals surface area contributed by atoms with Gasteiger partial charge in [-0.25, -0.2) is 0 Å². The van der Waals surface area contributed by atoms with Crippen LogP contribution < -0.4 is 0 Å². The summed E-state index contributed by atoms with van der Waals surface area (Å²) in [5, 5.41) is 11.9. The SMILES string of the molecule is O=C(Cc1ccsc1)N1CCn2cnnc2C1. The minimum atomic E-state index is 0.164. The molecule has 88 valence electrons. The molecule has 0 radical (unpaired) electrons. The summed E-state index contributed by atoms with van der Waals surface area (Å²) in [6.45, 7) is 2.11. The molecule has 17 heavy (non-hydrogen) atoms. The average Bonchev–Trinajstić information content (AvgIpc) is 2.97. The third kappa shape index (κ3) is 2.08. The molecule has 0 aromatic carbocycles. The Morgan fingerprint density at radius 3 is 3.24 bits per heavy atom. The standard InChI is InChI=1S/C11H12N4OS/c16-11(5-9-1-4-17-7-9)14-2-3-15-8-12-13-10(15)6-14/h1,4,7-8H,2-3,5-6H2. The minimum Gasteiger partial charge on any atom is -0.333 e. The van der Waals surface area contributed by atoms with Crippen LogP contribution >= 0.6 is 11.3 Å². The first-order valence-electron chi connectivity index (χ1n) is 5.48. The summed E-state index contributed by atoms with van der Waals surface area (Å²) in [6, 6.07) is 2.00. The van der Waals surface area contributed by atoms with Crippen LogP contribution in [0.4, 0.5) is 0 Å². The van der Waals surface area contributed by atoms with E-state index in [1.807, 2.05) is 26.3 Å². The Morgan fingerprint density at radius 2 is 2.41 bits per heavy atom. The van der Waals surface area contributed by atoms with Crippen molar-refractivity contribution in [1.29, 1.82) is 0 Å². The molecule has 1 amide bonds. The fourth-order valence-electron chi connectivity index (χ4n) is 1.96. The number of carbonyl (C=O) groups excluding carboxylic acids is 1. The number of aromatic nitrogens is 3. The van der Waals surface area contributed by atoms with Gasteiger partial charge in [-0.05, 0) is 22.4 Å². The summed E-state index contributed by atoms with van der Waals surface area (Å²) in [5.74, 6) is 1.03. The summed E-state index contributed by atoms with van der Waals surface area (Å²) in [6.07, 6.45) is 2.20. The van der Waals surface area contributed by atoms with Gasteiger partial charge in [0.05, 0.1) is 13.0 Å². The van der Waals surface area contributed by atoms with Gasteiger partial charge < -0.3 is 9.47 Å². The van der Waals surface area contributed by atoms with E-state index in [1.54, 1.807) is 17.7 Å². The summed E-state index contributed by atoms with van der Waals surface area (Å²) < 4.78 is 1.99. The summed E-state index contributed by atoms with van der Waals surface area (Å²) in [7, 11) is 0. The van der Waals surface area contributed by atoms with Gasteiger partial charge in [-0.2, -0.15) is 11.3 Å². The molecule has 0 atom stereocenters. The molecule has 2 aromatic rings. The number of carbonyl (C=O) groups is 1. The van der Waals surface area contributed by atoms with E-state index in [0.717, 1.165) is 24.5 Å². The highest BCUT2D eigenvalue weighted by molar-refractivity contribution is 7.07. The van der Waals surface area contributed by atoms with Crippen molar-refractivity contribution in [3.05, 3.63) is 34.5 Å². The normalized spacial score (nSPS) is 14.7. The second-order valence-corrected chi connectivity index (χ2v) is 4.84. The highest BCUT2D eigenvalue weighted by Crippen LogP contribution is 2.13. The summed E-state index contributed by atoms with van der Waals surface area (Å²) in [5.41, 5.74) is 1.09. The van der Waals surface area contributed by atoms with Gasteiger partial charge in [-0.1, -0.05) is 0 Å². The van der Waals surface area contributed by atoms with Gasteiger partial charge in [0.2, 0.25) is 5.91 Å². The van der Waals surface area contributed by atoms with Crippen LogP contribution in [0.2, 0.25) is 0 Å². The zero-order valence-corrected chi connectivity index (χ0v) is 10.1. The van der Waals surface area contributed by atoms with E-state index in [9.17, 15) is 4.79 Å². The van der Waals surface area contributed by atoms with Crippen molar-refractivity contribution < 1.29 is 4.79 Å². The molecule has 2 aromatic heterocycles. The zero-order valence-electron chi connectivity index (χ0n) is 9.24. The van der Waals surface area contributed by atoms with E-state index < -0.39 is 0 Å². The van der Waals surface area contributed by atoms with E-state index in [4.69, 9.17) is 0 Å². The molecule has 0 bridgehead atoms. The molecule has 3 rings (SSSR count). The van der Waals surface area contributed by atoms with E-state index in [2.05, 4.69) is 10.2 Å². The molecule has 0 N–H and O–H groups in total. The van der Waals surface area contributed by atoms with Crippen molar-refractivity contribution in [2.45, 2.75) is 19.5 Å². The van der Waals surface area contributed by atoms with Crippen LogP contribution in [0.25, 0.3) is 0 Å². The summed E-state index contributed by atoms with van der Waals surface area (Å²) in [4.78, 5) is 13.9. The molecule has 5 nitrogen and oxygen atoms in total. The molecule has 1 aliphatic heterocycles. The molecular formula is C11H12N4OS. The van der Waals surface area contributed by atoms with Crippen molar-refractivity contribution in [2.75, 3.05) is 6.54 Å². The number of fused-ring (bicyclic) bond motifs is 1. The topological polar surface area (TPSA) is 51.0 Å². The van der Waals surface area contributed by atoms with Crippen molar-refractivity contribution >= 4 is 17.2 Å². The van der Waals surface area contributed by atoms with Crippen LogP contribution in [-0.4, -0.2) is 32.1 Å². The van der Waals surface area contributed by atoms with Crippen LogP contribution in [-0.2, 0) is 24.3 Å². The number of rotatable bonds is 2. The van der Waals surface area contributed by atoms with Crippen LogP contribution in [0.15, 0.2) is 23.2 Å². The Balaban J connectivity index is 1.68. The maximum atomic E-state index is 12.1. The maximum absolute atomic E-state index is 12.1. The molecule has 0 unspecified atom stereocenters. The molecule has 0 spiro atoms. The lowest BCUT2D eigenvalue weighted by Crippen LogP contribution is -2.39. The van der Waals surface area contributed by atoms with Gasteiger partial charge in [0.25, 0.3) is 0 Å². The number of amides is 1. The molecular weight excluding hydrogens is 236 g/mol. The lowest BCUT2D eigenvalue weighted by atomic mass is 10.2. The van der Waals surface area contributed by atoms with Gasteiger partial charge in [0.15, 0.2) is 5.82 Å². The predicted octanol–water partition coefficient (Wildman–Crippen LogP) is 0.925. The van der Waals surface area contributed by atoms with Crippen molar-refractivity contribution in [1.82, 2.24) is 19.7 Å². The van der Waals surface area contributed by atoms with Crippen LogP contribution in [0.3, 0.4) is 0 Å². The van der Waals surface area contributed by atoms with Crippen molar-refractivity contribution in [2.24, 2.45) is 0 Å². The van der Waals surface area contributed by atoms with Gasteiger partial charge in [-0.15, -0.1) is 10.2 Å². The Morgan fingerprint density at radius 1 is 1.47 bits per heavy atom. The van der Waals surface area contributed by atoms with Crippen molar-refractivity contribution in [3.63, 3.8) is 0 Å². The molecule has 3 heterocycles. The molecule has 0 saturated carbocycles. The smallest absolute Gasteiger partial charge is 0.227 e. The van der Waals surface area contributed by atoms with Gasteiger partial charge in [-0.3, -0.25) is 4.79 Å². The quantitative estimate of drug-likeness (QED) is 0.794. The van der Waals surface area contributed by atoms with Gasteiger partial charge >= 0.3 is 0 Å². The molecule has 0 fully saturated rings. The lowest BCUT2D eigenvalue weighted by Gasteiger charge is -2.27. The third-order valence-electron chi connectivity index (χ3n) is 2.93. The van der Waals surface area contributed by atoms with E-state index >= 15 is 0 Å². The number of hydrogen-bond acceptors (Lipinski definition) is 4. The number of hydrogen-bond donors (Lipinski definition) is 0. The van der Waals surface area contributed by atoms with Crippen molar-refractivity contribution in [3.8, 4) is 0 Å². The first-order valence-corrected chi connectivity index (χ1v) is 6.43. The van der Waals surface area contributed by atoms with E-state index in [-0.39, 0.29) is 5.91 Å². The molecule has 0 saturated heterocycles. The highest BCUT2D eigenvalue weighted by Gasteiger charge is 2.21. The average molecular weight is 248 g/mol. The fourth-order valence-corrected chi connectivity index (χ4v) is 2.63. The Kier molecular flexibility index (Phi) is 2.64. The second kappa shape index (κ2) is 4.29. The fraction of sp³-hybridized carbons (Fsp3) is 0.364. The van der Waals surface area contributed by atoms with E-state index in [0.29, 0.717) is 13.0 Å². The van der Waals surface area contributed by atoms with Gasteiger partial charge in [0.1, 0.15) is 6.33 Å². The monoisotopic (exact) mass is 248 g/mol. The Hall–Kier alpha value is -1.69. The van der Waals surface area contributed by atoms with Crippen LogP contribution in [0.1, 0.15) is 11.4 Å². The zero-order chi connectivity index (χ0) is 11.7. The van der Waals surface area contributed by atoms with Gasteiger partial charge in [0, 0.05) is 13.1 Å². The first-order chi connectivity index (χ1) is 8.33. The first kappa shape index (κ1) is 10.5. The largest absolute Gasteiger partial charge is 0.333 e. The maximum Gasteiger partial charge on any atom is 0.227 e. The third-order valence-corrected chi connectivity index (χ3v) is 3.66. The molecule has 0 aliphatic carbocycles. The second-order valence-electron chi connectivity index (χ2n) is 4.06. The Bertz CT molecular complexity index is 519. The summed E-state index contributed by atoms with van der Waals surface area (Å²) >= 11 is 1.62. The van der Waals surface area contributed by atoms with Crippen LogP contribution in [0, 0.1) is 0 Å². The predicted molar refractivity (Wildman–Crippen MR) is 63.5 cm³/mol. The number of thiophene rings is 1. The number of nitrogens with zero attached hydrogens (tertiary/aromatic N) is 4. The Labute approximate surface area is 103 Å². The minimum absolute atomic E-state index is 0.164.